The molecule has 0 aliphatic carbocycles. The first-order valence-electron chi connectivity index (χ1n) is 8.93. The van der Waals surface area contributed by atoms with Crippen molar-refractivity contribution in [2.24, 2.45) is 0 Å². The standard InChI is InChI=1S/C19H20ClFN2O4S/c20-16-8-14(19-15(9-16)12-26-13-27-19)11-22-4-6-23(7-5-22)28(24,25)18-3-1-2-17(21)10-18/h1-3,8-10H,4-7,11-13H2. The van der Waals surface area contributed by atoms with Crippen LogP contribution in [0.4, 0.5) is 4.39 Å². The molecule has 150 valence electrons. The zero-order valence-electron chi connectivity index (χ0n) is 15.1. The third-order valence-corrected chi connectivity index (χ3v) is 7.02. The summed E-state index contributed by atoms with van der Waals surface area (Å²) in [5.41, 5.74) is 1.88. The Labute approximate surface area is 168 Å². The van der Waals surface area contributed by atoms with E-state index in [-0.39, 0.29) is 11.7 Å². The maximum atomic E-state index is 13.4. The highest BCUT2D eigenvalue weighted by molar-refractivity contribution is 7.89. The number of rotatable bonds is 4. The van der Waals surface area contributed by atoms with Crippen LogP contribution >= 0.6 is 11.6 Å². The summed E-state index contributed by atoms with van der Waals surface area (Å²) in [5, 5.41) is 0.621. The topological polar surface area (TPSA) is 59.1 Å². The minimum Gasteiger partial charge on any atom is -0.467 e. The van der Waals surface area contributed by atoms with Crippen LogP contribution in [0.3, 0.4) is 0 Å². The lowest BCUT2D eigenvalue weighted by atomic mass is 10.1. The third-order valence-electron chi connectivity index (χ3n) is 4.91. The average molecular weight is 427 g/mol. The fraction of sp³-hybridized carbons (Fsp3) is 0.368. The quantitative estimate of drug-likeness (QED) is 0.752. The summed E-state index contributed by atoms with van der Waals surface area (Å²) >= 11 is 6.22. The molecular weight excluding hydrogens is 407 g/mol. The van der Waals surface area contributed by atoms with E-state index in [4.69, 9.17) is 21.1 Å². The second kappa shape index (κ2) is 7.96. The largest absolute Gasteiger partial charge is 0.467 e. The minimum atomic E-state index is -3.70. The van der Waals surface area contributed by atoms with Crippen molar-refractivity contribution in [3.8, 4) is 5.75 Å². The molecule has 0 aromatic heterocycles. The van der Waals surface area contributed by atoms with Gasteiger partial charge in [-0.3, -0.25) is 4.90 Å². The Morgan fingerprint density at radius 1 is 1.11 bits per heavy atom. The highest BCUT2D eigenvalue weighted by Gasteiger charge is 2.29. The van der Waals surface area contributed by atoms with Crippen molar-refractivity contribution in [3.63, 3.8) is 0 Å². The van der Waals surface area contributed by atoms with Gasteiger partial charge in [0.15, 0.2) is 6.79 Å². The van der Waals surface area contributed by atoms with Crippen LogP contribution in [0.1, 0.15) is 11.1 Å². The fourth-order valence-corrected chi connectivity index (χ4v) is 5.24. The second-order valence-corrected chi connectivity index (χ2v) is 9.18. The van der Waals surface area contributed by atoms with E-state index in [2.05, 4.69) is 4.90 Å². The first kappa shape index (κ1) is 19.6. The molecule has 2 aliphatic rings. The van der Waals surface area contributed by atoms with Gasteiger partial charge in [0, 0.05) is 48.9 Å². The Morgan fingerprint density at radius 3 is 2.64 bits per heavy atom. The van der Waals surface area contributed by atoms with Crippen LogP contribution in [-0.2, 0) is 27.9 Å². The molecule has 0 saturated carbocycles. The lowest BCUT2D eigenvalue weighted by molar-refractivity contribution is -0.0175. The van der Waals surface area contributed by atoms with Crippen molar-refractivity contribution in [3.05, 3.63) is 58.4 Å². The molecule has 28 heavy (non-hydrogen) atoms. The predicted molar refractivity (Wildman–Crippen MR) is 102 cm³/mol. The Balaban J connectivity index is 1.45. The van der Waals surface area contributed by atoms with E-state index in [0.717, 1.165) is 22.9 Å². The molecule has 2 aromatic carbocycles. The van der Waals surface area contributed by atoms with Gasteiger partial charge < -0.3 is 9.47 Å². The monoisotopic (exact) mass is 426 g/mol. The molecule has 2 aromatic rings. The van der Waals surface area contributed by atoms with E-state index in [0.29, 0.717) is 44.4 Å². The number of hydrogen-bond donors (Lipinski definition) is 0. The van der Waals surface area contributed by atoms with E-state index in [1.807, 2.05) is 12.1 Å². The van der Waals surface area contributed by atoms with Crippen LogP contribution in [-0.4, -0.2) is 50.6 Å². The van der Waals surface area contributed by atoms with Gasteiger partial charge in [0.25, 0.3) is 0 Å². The lowest BCUT2D eigenvalue weighted by Crippen LogP contribution is -2.48. The number of nitrogens with zero attached hydrogens (tertiary/aromatic N) is 2. The number of ether oxygens (including phenoxy) is 2. The zero-order chi connectivity index (χ0) is 19.7. The van der Waals surface area contributed by atoms with Crippen molar-refractivity contribution >= 4 is 21.6 Å². The second-order valence-electron chi connectivity index (χ2n) is 6.80. The summed E-state index contributed by atoms with van der Waals surface area (Å²) in [6.07, 6.45) is 0. The first-order valence-corrected chi connectivity index (χ1v) is 10.8. The van der Waals surface area contributed by atoms with E-state index in [9.17, 15) is 12.8 Å². The maximum absolute atomic E-state index is 13.4. The Hall–Kier alpha value is -1.71. The van der Waals surface area contributed by atoms with Gasteiger partial charge in [-0.2, -0.15) is 4.31 Å². The van der Waals surface area contributed by atoms with Gasteiger partial charge >= 0.3 is 0 Å². The summed E-state index contributed by atoms with van der Waals surface area (Å²) in [6, 6.07) is 8.83. The lowest BCUT2D eigenvalue weighted by Gasteiger charge is -2.34. The van der Waals surface area contributed by atoms with Gasteiger partial charge in [-0.05, 0) is 30.3 Å². The Morgan fingerprint density at radius 2 is 1.89 bits per heavy atom. The summed E-state index contributed by atoms with van der Waals surface area (Å²) in [7, 11) is -3.70. The molecule has 0 amide bonds. The summed E-state index contributed by atoms with van der Waals surface area (Å²) < 4.78 is 51.2. The average Bonchev–Trinajstić information content (AvgIpc) is 2.68. The van der Waals surface area contributed by atoms with Crippen LogP contribution in [0, 0.1) is 5.82 Å². The van der Waals surface area contributed by atoms with Crippen molar-refractivity contribution in [2.75, 3.05) is 33.0 Å². The molecule has 0 atom stereocenters. The molecule has 0 bridgehead atoms. The molecule has 2 heterocycles. The summed E-state index contributed by atoms with van der Waals surface area (Å²) in [6.45, 7) is 3.08. The van der Waals surface area contributed by atoms with Gasteiger partial charge in [0.2, 0.25) is 10.0 Å². The first-order chi connectivity index (χ1) is 13.4. The normalized spacial score (nSPS) is 18.5. The molecule has 2 aliphatic heterocycles. The van der Waals surface area contributed by atoms with E-state index in [1.54, 1.807) is 0 Å². The van der Waals surface area contributed by atoms with E-state index >= 15 is 0 Å². The number of piperazine rings is 1. The van der Waals surface area contributed by atoms with Gasteiger partial charge in [0.1, 0.15) is 11.6 Å². The SMILES string of the molecule is O=S(=O)(c1cccc(F)c1)N1CCN(Cc2cc(Cl)cc3c2OCOC3)CC1. The smallest absolute Gasteiger partial charge is 0.243 e. The highest BCUT2D eigenvalue weighted by atomic mass is 35.5. The molecule has 0 N–H and O–H groups in total. The highest BCUT2D eigenvalue weighted by Crippen LogP contribution is 2.32. The summed E-state index contributed by atoms with van der Waals surface area (Å²) in [4.78, 5) is 2.14. The van der Waals surface area contributed by atoms with Crippen LogP contribution < -0.4 is 4.74 Å². The molecule has 0 spiro atoms. The molecule has 1 saturated heterocycles. The molecule has 4 rings (SSSR count). The van der Waals surface area contributed by atoms with Gasteiger partial charge in [-0.1, -0.05) is 17.7 Å². The van der Waals surface area contributed by atoms with Crippen molar-refractivity contribution in [1.29, 1.82) is 0 Å². The van der Waals surface area contributed by atoms with Gasteiger partial charge in [-0.15, -0.1) is 0 Å². The molecular formula is C19H20ClFN2O4S. The van der Waals surface area contributed by atoms with Crippen LogP contribution in [0.25, 0.3) is 0 Å². The molecule has 6 nitrogen and oxygen atoms in total. The number of fused-ring (bicyclic) bond motifs is 1. The van der Waals surface area contributed by atoms with Gasteiger partial charge in [-0.25, -0.2) is 12.8 Å². The number of hydrogen-bond acceptors (Lipinski definition) is 5. The van der Waals surface area contributed by atoms with Crippen molar-refractivity contribution in [2.45, 2.75) is 18.0 Å². The molecule has 0 unspecified atom stereocenters. The van der Waals surface area contributed by atoms with E-state index in [1.165, 1.54) is 22.5 Å². The van der Waals surface area contributed by atoms with Gasteiger partial charge in [0.05, 0.1) is 11.5 Å². The minimum absolute atomic E-state index is 0.0155. The molecule has 1 fully saturated rings. The third kappa shape index (κ3) is 4.01. The Bertz CT molecular complexity index is 978. The van der Waals surface area contributed by atoms with Crippen LogP contribution in [0.5, 0.6) is 5.75 Å². The van der Waals surface area contributed by atoms with Crippen molar-refractivity contribution < 1.29 is 22.3 Å². The Kier molecular flexibility index (Phi) is 5.57. The number of sulfonamides is 1. The van der Waals surface area contributed by atoms with Crippen molar-refractivity contribution in [1.82, 2.24) is 9.21 Å². The molecule has 9 heteroatoms. The number of halogens is 2. The van der Waals surface area contributed by atoms with Crippen LogP contribution in [0.15, 0.2) is 41.3 Å². The molecule has 0 radical (unpaired) electrons. The predicted octanol–water partition coefficient (Wildman–Crippen LogP) is 2.85. The van der Waals surface area contributed by atoms with Crippen LogP contribution in [0.2, 0.25) is 5.02 Å². The number of benzene rings is 2. The maximum Gasteiger partial charge on any atom is 0.243 e. The fourth-order valence-electron chi connectivity index (χ4n) is 3.52. The summed E-state index contributed by atoms with van der Waals surface area (Å²) in [5.74, 6) is 0.236. The van der Waals surface area contributed by atoms with E-state index < -0.39 is 15.8 Å². The zero-order valence-corrected chi connectivity index (χ0v) is 16.7.